The summed E-state index contributed by atoms with van der Waals surface area (Å²) in [5.41, 5.74) is 2.68. The molecule has 1 atom stereocenters. The van der Waals surface area contributed by atoms with E-state index in [1.807, 2.05) is 47.4 Å². The van der Waals surface area contributed by atoms with Crippen molar-refractivity contribution in [1.29, 1.82) is 0 Å². The largest absolute Gasteiger partial charge is 0.368 e. The Morgan fingerprint density at radius 3 is 2.62 bits per heavy atom. The number of hydrogen-bond donors (Lipinski definition) is 1. The van der Waals surface area contributed by atoms with E-state index in [0.717, 1.165) is 29.4 Å². The molecule has 2 amide bonds. The number of amides is 2. The maximum Gasteiger partial charge on any atom is 0.252 e. The standard InChI is InChI=1S/C20H20ClN3O2/c21-14-4-3-5-15(12-14)23-8-10-24(11-9-23)19(25)13-18-16-6-1-2-7-17(16)20(26)22-18/h1-7,12,18H,8-11,13H2,(H,22,26). The van der Waals surface area contributed by atoms with Gasteiger partial charge in [0.05, 0.1) is 12.5 Å². The Hall–Kier alpha value is -2.53. The highest BCUT2D eigenvalue weighted by atomic mass is 35.5. The first kappa shape index (κ1) is 16.9. The fraction of sp³-hybridized carbons (Fsp3) is 0.300. The Morgan fingerprint density at radius 1 is 1.08 bits per heavy atom. The first-order valence-electron chi connectivity index (χ1n) is 8.80. The van der Waals surface area contributed by atoms with E-state index in [2.05, 4.69) is 10.2 Å². The molecular weight excluding hydrogens is 350 g/mol. The van der Waals surface area contributed by atoms with Crippen LogP contribution in [-0.2, 0) is 4.79 Å². The smallest absolute Gasteiger partial charge is 0.252 e. The van der Waals surface area contributed by atoms with E-state index in [0.29, 0.717) is 25.1 Å². The molecule has 2 aromatic carbocycles. The summed E-state index contributed by atoms with van der Waals surface area (Å²) in [6.07, 6.45) is 0.305. The van der Waals surface area contributed by atoms with Gasteiger partial charge in [-0.15, -0.1) is 0 Å². The normalized spacial score (nSPS) is 19.3. The van der Waals surface area contributed by atoms with Crippen LogP contribution in [0.15, 0.2) is 48.5 Å². The van der Waals surface area contributed by atoms with Crippen LogP contribution in [0.5, 0.6) is 0 Å². The van der Waals surface area contributed by atoms with E-state index < -0.39 is 0 Å². The van der Waals surface area contributed by atoms with Crippen molar-refractivity contribution in [1.82, 2.24) is 10.2 Å². The van der Waals surface area contributed by atoms with Gasteiger partial charge in [0, 0.05) is 42.5 Å². The van der Waals surface area contributed by atoms with Gasteiger partial charge in [0.15, 0.2) is 0 Å². The lowest BCUT2D eigenvalue weighted by molar-refractivity contribution is -0.132. The predicted octanol–water partition coefficient (Wildman–Crippen LogP) is 2.86. The SMILES string of the molecule is O=C1NC(CC(=O)N2CCN(c3cccc(Cl)c3)CC2)c2ccccc21. The number of piperazine rings is 1. The van der Waals surface area contributed by atoms with E-state index in [-0.39, 0.29) is 17.9 Å². The minimum Gasteiger partial charge on any atom is -0.368 e. The van der Waals surface area contributed by atoms with Gasteiger partial charge in [0.1, 0.15) is 0 Å². The van der Waals surface area contributed by atoms with Gasteiger partial charge >= 0.3 is 0 Å². The maximum absolute atomic E-state index is 12.7. The highest BCUT2D eigenvalue weighted by Gasteiger charge is 2.31. The van der Waals surface area contributed by atoms with Crippen LogP contribution in [0.3, 0.4) is 0 Å². The Kier molecular flexibility index (Phi) is 4.55. The minimum absolute atomic E-state index is 0.0812. The molecule has 6 heteroatoms. The number of anilines is 1. The first-order valence-corrected chi connectivity index (χ1v) is 9.18. The quantitative estimate of drug-likeness (QED) is 0.905. The zero-order chi connectivity index (χ0) is 18.1. The molecular formula is C20H20ClN3O2. The molecule has 2 aliphatic rings. The molecule has 2 heterocycles. The topological polar surface area (TPSA) is 52.7 Å². The van der Waals surface area contributed by atoms with Crippen LogP contribution in [0.2, 0.25) is 5.02 Å². The van der Waals surface area contributed by atoms with Crippen LogP contribution in [0.4, 0.5) is 5.69 Å². The van der Waals surface area contributed by atoms with Crippen LogP contribution in [0.25, 0.3) is 0 Å². The average molecular weight is 370 g/mol. The second-order valence-corrected chi connectivity index (χ2v) is 7.10. The molecule has 0 saturated carbocycles. The number of nitrogens with zero attached hydrogens (tertiary/aromatic N) is 2. The summed E-state index contributed by atoms with van der Waals surface area (Å²) < 4.78 is 0. The van der Waals surface area contributed by atoms with E-state index in [1.54, 1.807) is 6.07 Å². The molecule has 0 spiro atoms. The van der Waals surface area contributed by atoms with Crippen LogP contribution >= 0.6 is 11.6 Å². The van der Waals surface area contributed by atoms with Gasteiger partial charge in [-0.3, -0.25) is 9.59 Å². The van der Waals surface area contributed by atoms with E-state index in [4.69, 9.17) is 11.6 Å². The number of benzene rings is 2. The number of rotatable bonds is 3. The lowest BCUT2D eigenvalue weighted by atomic mass is 10.0. The van der Waals surface area contributed by atoms with Crippen LogP contribution in [0.1, 0.15) is 28.4 Å². The van der Waals surface area contributed by atoms with Gasteiger partial charge < -0.3 is 15.1 Å². The van der Waals surface area contributed by atoms with Crippen molar-refractivity contribution in [2.45, 2.75) is 12.5 Å². The van der Waals surface area contributed by atoms with Gasteiger partial charge in [-0.25, -0.2) is 0 Å². The number of nitrogens with one attached hydrogen (secondary N) is 1. The summed E-state index contributed by atoms with van der Waals surface area (Å²) in [4.78, 5) is 28.8. The number of fused-ring (bicyclic) bond motifs is 1. The van der Waals surface area contributed by atoms with Crippen LogP contribution < -0.4 is 10.2 Å². The Bertz CT molecular complexity index is 846. The van der Waals surface area contributed by atoms with Crippen molar-refractivity contribution in [3.05, 3.63) is 64.7 Å². The Labute approximate surface area is 157 Å². The third-order valence-corrected chi connectivity index (χ3v) is 5.31. The van der Waals surface area contributed by atoms with Crippen molar-refractivity contribution in [3.63, 3.8) is 0 Å². The van der Waals surface area contributed by atoms with Crippen LogP contribution in [-0.4, -0.2) is 42.9 Å². The molecule has 0 radical (unpaired) electrons. The highest BCUT2D eigenvalue weighted by Crippen LogP contribution is 2.28. The molecule has 0 aliphatic carbocycles. The van der Waals surface area contributed by atoms with Gasteiger partial charge in [-0.1, -0.05) is 35.9 Å². The molecule has 134 valence electrons. The summed E-state index contributed by atoms with van der Waals surface area (Å²) in [6.45, 7) is 2.90. The first-order chi connectivity index (χ1) is 12.6. The molecule has 26 heavy (non-hydrogen) atoms. The maximum atomic E-state index is 12.7. The molecule has 1 unspecified atom stereocenters. The fourth-order valence-corrected chi connectivity index (χ4v) is 3.86. The van der Waals surface area contributed by atoms with E-state index >= 15 is 0 Å². The third-order valence-electron chi connectivity index (χ3n) is 5.07. The molecule has 2 aromatic rings. The molecule has 1 fully saturated rings. The molecule has 4 rings (SSSR count). The summed E-state index contributed by atoms with van der Waals surface area (Å²) in [6, 6.07) is 15.0. The third kappa shape index (κ3) is 3.27. The molecule has 0 bridgehead atoms. The molecule has 0 aromatic heterocycles. The summed E-state index contributed by atoms with van der Waals surface area (Å²) >= 11 is 6.07. The van der Waals surface area contributed by atoms with Crippen molar-refractivity contribution in [2.24, 2.45) is 0 Å². The molecule has 2 aliphatic heterocycles. The number of carbonyl (C=O) groups excluding carboxylic acids is 2. The second-order valence-electron chi connectivity index (χ2n) is 6.67. The number of hydrogen-bond acceptors (Lipinski definition) is 3. The Balaban J connectivity index is 1.37. The zero-order valence-electron chi connectivity index (χ0n) is 14.3. The fourth-order valence-electron chi connectivity index (χ4n) is 3.67. The highest BCUT2D eigenvalue weighted by molar-refractivity contribution is 6.30. The predicted molar refractivity (Wildman–Crippen MR) is 102 cm³/mol. The lowest BCUT2D eigenvalue weighted by Crippen LogP contribution is -2.49. The van der Waals surface area contributed by atoms with Crippen molar-refractivity contribution < 1.29 is 9.59 Å². The number of halogens is 1. The van der Waals surface area contributed by atoms with Gasteiger partial charge in [-0.05, 0) is 29.8 Å². The van der Waals surface area contributed by atoms with Gasteiger partial charge in [0.2, 0.25) is 5.91 Å². The molecule has 1 saturated heterocycles. The molecule has 5 nitrogen and oxygen atoms in total. The second kappa shape index (κ2) is 7.00. The zero-order valence-corrected chi connectivity index (χ0v) is 15.1. The number of carbonyl (C=O) groups is 2. The summed E-state index contributed by atoms with van der Waals surface area (Å²) in [5, 5.41) is 3.64. The minimum atomic E-state index is -0.225. The monoisotopic (exact) mass is 369 g/mol. The van der Waals surface area contributed by atoms with Gasteiger partial charge in [0.25, 0.3) is 5.91 Å². The van der Waals surface area contributed by atoms with Crippen molar-refractivity contribution >= 4 is 29.1 Å². The van der Waals surface area contributed by atoms with Crippen LogP contribution in [0, 0.1) is 0 Å². The van der Waals surface area contributed by atoms with E-state index in [1.165, 1.54) is 0 Å². The van der Waals surface area contributed by atoms with E-state index in [9.17, 15) is 9.59 Å². The Morgan fingerprint density at radius 2 is 1.85 bits per heavy atom. The average Bonchev–Trinajstić information content (AvgIpc) is 2.98. The summed E-state index contributed by atoms with van der Waals surface area (Å²) in [7, 11) is 0. The van der Waals surface area contributed by atoms with Crippen molar-refractivity contribution in [2.75, 3.05) is 31.1 Å². The van der Waals surface area contributed by atoms with Gasteiger partial charge in [-0.2, -0.15) is 0 Å². The van der Waals surface area contributed by atoms with Crippen molar-refractivity contribution in [3.8, 4) is 0 Å². The summed E-state index contributed by atoms with van der Waals surface area (Å²) in [5.74, 6) is -0.0121. The lowest BCUT2D eigenvalue weighted by Gasteiger charge is -2.36. The molecule has 1 N–H and O–H groups in total.